The van der Waals surface area contributed by atoms with Gasteiger partial charge in [-0.25, -0.2) is 19.2 Å². The molecule has 1 aliphatic heterocycles. The lowest BCUT2D eigenvalue weighted by atomic mass is 9.98. The lowest BCUT2D eigenvalue weighted by Gasteiger charge is -2.21. The summed E-state index contributed by atoms with van der Waals surface area (Å²) in [6.07, 6.45) is 6.66. The van der Waals surface area contributed by atoms with Crippen LogP contribution in [0, 0.1) is 12.7 Å². The van der Waals surface area contributed by atoms with E-state index in [0.717, 1.165) is 22.2 Å². The molecule has 0 radical (unpaired) electrons. The molecular weight excluding hydrogens is 425 g/mol. The summed E-state index contributed by atoms with van der Waals surface area (Å²) in [5, 5.41) is 14.2. The van der Waals surface area contributed by atoms with Crippen molar-refractivity contribution in [2.45, 2.75) is 13.5 Å². The highest BCUT2D eigenvalue weighted by Crippen LogP contribution is 2.37. The number of carbonyl (C=O) groups is 1. The van der Waals surface area contributed by atoms with Gasteiger partial charge in [0.05, 0.1) is 6.20 Å². The molecule has 2 amide bonds. The summed E-state index contributed by atoms with van der Waals surface area (Å²) in [6, 6.07) is 4.50. The van der Waals surface area contributed by atoms with Crippen LogP contribution in [-0.2, 0) is 13.6 Å². The molecule has 0 saturated carbocycles. The normalized spacial score (nSPS) is 12.6. The van der Waals surface area contributed by atoms with Gasteiger partial charge in [-0.3, -0.25) is 10.00 Å². The number of rotatable bonds is 4. The highest BCUT2D eigenvalue weighted by atomic mass is 19.1. The summed E-state index contributed by atoms with van der Waals surface area (Å²) in [4.78, 5) is 20.9. The van der Waals surface area contributed by atoms with E-state index < -0.39 is 6.03 Å². The van der Waals surface area contributed by atoms with Gasteiger partial charge in [0.1, 0.15) is 23.9 Å². The van der Waals surface area contributed by atoms with Crippen LogP contribution in [0.5, 0.6) is 5.88 Å². The number of anilines is 2. The SMILES string of the molecule is Cc1c(-c2cc3cc(NC(=O)NCc4cnn(C)c4)ncc3cc2F)cnc2c1NCCO2. The van der Waals surface area contributed by atoms with Crippen molar-refractivity contribution in [2.24, 2.45) is 7.05 Å². The van der Waals surface area contributed by atoms with Crippen LogP contribution >= 0.6 is 0 Å². The number of hydrogen-bond donors (Lipinski definition) is 3. The first-order valence-electron chi connectivity index (χ1n) is 10.5. The maximum atomic E-state index is 15.0. The minimum atomic E-state index is -0.395. The molecule has 0 atom stereocenters. The largest absolute Gasteiger partial charge is 0.474 e. The van der Waals surface area contributed by atoms with Crippen LogP contribution in [0.1, 0.15) is 11.1 Å². The summed E-state index contributed by atoms with van der Waals surface area (Å²) in [6.45, 7) is 3.46. The fourth-order valence-corrected chi connectivity index (χ4v) is 3.84. The average molecular weight is 447 g/mol. The zero-order chi connectivity index (χ0) is 22.9. The number of pyridine rings is 2. The number of ether oxygens (including phenoxy) is 1. The zero-order valence-electron chi connectivity index (χ0n) is 18.1. The quantitative estimate of drug-likeness (QED) is 0.441. The van der Waals surface area contributed by atoms with Gasteiger partial charge >= 0.3 is 6.03 Å². The Bertz CT molecular complexity index is 1370. The van der Waals surface area contributed by atoms with Crippen LogP contribution in [0.15, 0.2) is 43.0 Å². The van der Waals surface area contributed by atoms with Crippen LogP contribution in [0.25, 0.3) is 21.9 Å². The Kier molecular flexibility index (Phi) is 5.25. The van der Waals surface area contributed by atoms with Crippen molar-refractivity contribution < 1.29 is 13.9 Å². The van der Waals surface area contributed by atoms with E-state index in [1.807, 2.05) is 20.2 Å². The third kappa shape index (κ3) is 4.14. The van der Waals surface area contributed by atoms with Crippen molar-refractivity contribution in [3.63, 3.8) is 0 Å². The van der Waals surface area contributed by atoms with E-state index in [2.05, 4.69) is 31.0 Å². The third-order valence-corrected chi connectivity index (χ3v) is 5.50. The molecule has 0 saturated heterocycles. The van der Waals surface area contributed by atoms with Gasteiger partial charge in [0.2, 0.25) is 5.88 Å². The van der Waals surface area contributed by atoms with E-state index in [0.29, 0.717) is 47.9 Å². The number of carbonyl (C=O) groups excluding carboxylic acids is 1. The summed E-state index contributed by atoms with van der Waals surface area (Å²) in [7, 11) is 1.81. The molecule has 0 fully saturated rings. The number of aromatic nitrogens is 4. The lowest BCUT2D eigenvalue weighted by Crippen LogP contribution is -2.28. The van der Waals surface area contributed by atoms with Crippen molar-refractivity contribution in [2.75, 3.05) is 23.8 Å². The highest BCUT2D eigenvalue weighted by Gasteiger charge is 2.19. The number of nitrogens with one attached hydrogen (secondary N) is 3. The molecule has 9 nitrogen and oxygen atoms in total. The van der Waals surface area contributed by atoms with Gasteiger partial charge in [-0.15, -0.1) is 0 Å². The minimum absolute atomic E-state index is 0.338. The summed E-state index contributed by atoms with van der Waals surface area (Å²) >= 11 is 0. The second kappa shape index (κ2) is 8.38. The molecule has 0 unspecified atom stereocenters. The predicted molar refractivity (Wildman–Crippen MR) is 123 cm³/mol. The standard InChI is InChI=1S/C23H22FN7O2/c1-13-18(11-27-22-21(13)25-3-4-33-22)17-5-15-7-20(26-10-16(15)6-19(17)24)30-23(32)28-8-14-9-29-31(2)12-14/h5-7,9-12,25H,3-4,8H2,1-2H3,(H2,26,28,30,32). The van der Waals surface area contributed by atoms with Crippen LogP contribution in [0.4, 0.5) is 20.7 Å². The molecule has 0 aliphatic carbocycles. The van der Waals surface area contributed by atoms with Gasteiger partial charge in [0.25, 0.3) is 0 Å². The number of halogens is 1. The van der Waals surface area contributed by atoms with E-state index in [4.69, 9.17) is 4.74 Å². The van der Waals surface area contributed by atoms with Crippen molar-refractivity contribution >= 4 is 28.3 Å². The first-order valence-corrected chi connectivity index (χ1v) is 10.5. The molecule has 10 heteroatoms. The summed E-state index contributed by atoms with van der Waals surface area (Å²) < 4.78 is 22.2. The Morgan fingerprint density at radius 1 is 1.18 bits per heavy atom. The number of nitrogens with zero attached hydrogens (tertiary/aromatic N) is 4. The molecule has 1 aromatic carbocycles. The third-order valence-electron chi connectivity index (χ3n) is 5.50. The minimum Gasteiger partial charge on any atom is -0.474 e. The fourth-order valence-electron chi connectivity index (χ4n) is 3.84. The van der Waals surface area contributed by atoms with Crippen LogP contribution in [-0.4, -0.2) is 38.9 Å². The van der Waals surface area contributed by atoms with E-state index in [9.17, 15) is 9.18 Å². The van der Waals surface area contributed by atoms with Crippen molar-refractivity contribution in [3.8, 4) is 17.0 Å². The van der Waals surface area contributed by atoms with Crippen LogP contribution in [0.2, 0.25) is 0 Å². The van der Waals surface area contributed by atoms with Gasteiger partial charge in [0, 0.05) is 60.8 Å². The van der Waals surface area contributed by atoms with Crippen molar-refractivity contribution in [1.29, 1.82) is 0 Å². The fraction of sp³-hybridized carbons (Fsp3) is 0.217. The lowest BCUT2D eigenvalue weighted by molar-refractivity contribution is 0.251. The molecule has 4 heterocycles. The molecule has 5 rings (SSSR count). The van der Waals surface area contributed by atoms with Gasteiger partial charge in [0.15, 0.2) is 0 Å². The van der Waals surface area contributed by atoms with E-state index >= 15 is 0 Å². The van der Waals surface area contributed by atoms with Crippen molar-refractivity contribution in [1.82, 2.24) is 25.1 Å². The number of aryl methyl sites for hydroxylation is 1. The van der Waals surface area contributed by atoms with E-state index in [-0.39, 0.29) is 5.82 Å². The maximum Gasteiger partial charge on any atom is 0.320 e. The first kappa shape index (κ1) is 20.7. The molecule has 3 N–H and O–H groups in total. The zero-order valence-corrected chi connectivity index (χ0v) is 18.1. The Morgan fingerprint density at radius 2 is 2.06 bits per heavy atom. The second-order valence-corrected chi connectivity index (χ2v) is 7.83. The Balaban J connectivity index is 1.40. The molecule has 3 aromatic heterocycles. The summed E-state index contributed by atoms with van der Waals surface area (Å²) in [5.74, 6) is 0.511. The van der Waals surface area contributed by atoms with Crippen LogP contribution < -0.4 is 20.7 Å². The number of hydrogen-bond acceptors (Lipinski definition) is 6. The maximum absolute atomic E-state index is 15.0. The van der Waals surface area contributed by atoms with Gasteiger partial charge in [-0.1, -0.05) is 0 Å². The molecule has 0 bridgehead atoms. The second-order valence-electron chi connectivity index (χ2n) is 7.83. The van der Waals surface area contributed by atoms with Gasteiger partial charge in [-0.05, 0) is 36.1 Å². The van der Waals surface area contributed by atoms with E-state index in [1.54, 1.807) is 29.2 Å². The van der Waals surface area contributed by atoms with Crippen molar-refractivity contribution in [3.05, 3.63) is 59.9 Å². The van der Waals surface area contributed by atoms with Gasteiger partial charge in [-0.2, -0.15) is 5.10 Å². The van der Waals surface area contributed by atoms with E-state index in [1.165, 1.54) is 12.3 Å². The molecular formula is C23H22FN7O2. The summed E-state index contributed by atoms with van der Waals surface area (Å²) in [5.41, 5.74) is 3.61. The monoisotopic (exact) mass is 447 g/mol. The number of urea groups is 1. The first-order chi connectivity index (χ1) is 16.0. The Hall–Kier alpha value is -4.21. The Labute approximate surface area is 189 Å². The van der Waals surface area contributed by atoms with Gasteiger partial charge < -0.3 is 15.4 Å². The number of fused-ring (bicyclic) bond motifs is 2. The number of amides is 2. The molecule has 168 valence electrons. The number of benzene rings is 1. The average Bonchev–Trinajstić information content (AvgIpc) is 3.23. The molecule has 0 spiro atoms. The Morgan fingerprint density at radius 3 is 2.88 bits per heavy atom. The van der Waals surface area contributed by atoms with Crippen LogP contribution in [0.3, 0.4) is 0 Å². The molecule has 1 aliphatic rings. The highest BCUT2D eigenvalue weighted by molar-refractivity contribution is 5.93. The molecule has 33 heavy (non-hydrogen) atoms. The topological polar surface area (TPSA) is 106 Å². The smallest absolute Gasteiger partial charge is 0.320 e. The molecule has 4 aromatic rings. The predicted octanol–water partition coefficient (Wildman–Crippen LogP) is 3.60.